The molecule has 2 aromatic rings. The summed E-state index contributed by atoms with van der Waals surface area (Å²) in [5, 5.41) is 26.2. The van der Waals surface area contributed by atoms with Gasteiger partial charge in [-0.2, -0.15) is 4.79 Å². The van der Waals surface area contributed by atoms with Crippen molar-refractivity contribution in [3.8, 4) is 0 Å². The maximum Gasteiger partial charge on any atom is 0.529 e. The second-order valence-corrected chi connectivity index (χ2v) is 4.66. The van der Waals surface area contributed by atoms with Crippen molar-refractivity contribution in [1.82, 2.24) is 0 Å². The second kappa shape index (κ2) is 5.68. The fourth-order valence-electron chi connectivity index (χ4n) is 2.07. The Labute approximate surface area is 130 Å². The number of hydrazone groups is 1. The number of para-hydroxylation sites is 1. The summed E-state index contributed by atoms with van der Waals surface area (Å²) in [5.41, 5.74) is 0.870. The zero-order valence-corrected chi connectivity index (χ0v) is 11.7. The average molecular weight is 310 g/mol. The first-order chi connectivity index (χ1) is 11.1. The van der Waals surface area contributed by atoms with Gasteiger partial charge < -0.3 is 5.11 Å². The summed E-state index contributed by atoms with van der Waals surface area (Å²) in [4.78, 5) is 23.3. The summed E-state index contributed by atoms with van der Waals surface area (Å²) in [7, 11) is 0. The molecule has 2 amide bonds. The van der Waals surface area contributed by atoms with E-state index in [2.05, 4.69) is 5.10 Å². The number of rotatable bonds is 3. The van der Waals surface area contributed by atoms with Gasteiger partial charge in [0.2, 0.25) is 6.02 Å². The van der Waals surface area contributed by atoms with Crippen molar-refractivity contribution in [2.75, 3.05) is 4.90 Å². The number of hydrogen-bond acceptors (Lipinski definition) is 5. The van der Waals surface area contributed by atoms with E-state index in [9.17, 15) is 20.0 Å². The molecule has 0 unspecified atom stereocenters. The molecule has 3 rings (SSSR count). The number of hydrogen-bond donors (Lipinski definition) is 0. The van der Waals surface area contributed by atoms with Crippen molar-refractivity contribution in [2.24, 2.45) is 5.10 Å². The molecule has 0 spiro atoms. The van der Waals surface area contributed by atoms with Gasteiger partial charge >= 0.3 is 6.03 Å². The van der Waals surface area contributed by atoms with Crippen LogP contribution in [-0.2, 0) is 0 Å². The zero-order valence-electron chi connectivity index (χ0n) is 11.7. The summed E-state index contributed by atoms with van der Waals surface area (Å²) in [6, 6.07) is 12.7. The van der Waals surface area contributed by atoms with Gasteiger partial charge in [0.05, 0.1) is 4.92 Å². The lowest BCUT2D eigenvalue weighted by atomic mass is 10.2. The molecule has 0 N–H and O–H groups in total. The molecule has 1 aliphatic rings. The number of benzene rings is 2. The minimum Gasteiger partial charge on any atom is -0.824 e. The molecule has 0 atom stereocenters. The molecule has 114 valence electrons. The maximum absolute atomic E-state index is 12.3. The van der Waals surface area contributed by atoms with Gasteiger partial charge in [0.1, 0.15) is 11.9 Å². The van der Waals surface area contributed by atoms with Crippen molar-refractivity contribution >= 4 is 29.6 Å². The molecule has 1 aliphatic heterocycles. The van der Waals surface area contributed by atoms with Gasteiger partial charge in [-0.05, 0) is 29.4 Å². The van der Waals surface area contributed by atoms with Crippen LogP contribution in [0.2, 0.25) is 0 Å². The van der Waals surface area contributed by atoms with Crippen LogP contribution in [0.5, 0.6) is 0 Å². The fourth-order valence-corrected chi connectivity index (χ4v) is 2.07. The number of anilines is 1. The van der Waals surface area contributed by atoms with Crippen LogP contribution in [0.25, 0.3) is 0 Å². The number of carbonyl (C=O) groups excluding carboxylic acids is 1. The molecule has 0 saturated heterocycles. The van der Waals surface area contributed by atoms with Gasteiger partial charge in [-0.15, -0.1) is 4.90 Å². The number of nitro groups is 1. The lowest BCUT2D eigenvalue weighted by Gasteiger charge is -2.10. The van der Waals surface area contributed by atoms with Crippen molar-refractivity contribution in [1.29, 1.82) is 0 Å². The van der Waals surface area contributed by atoms with Crippen LogP contribution in [0.4, 0.5) is 16.2 Å². The molecule has 0 saturated carbocycles. The summed E-state index contributed by atoms with van der Waals surface area (Å²) < 4.78 is 0.913. The number of carbonyl (C=O) groups is 1. The number of amides is 2. The predicted octanol–water partition coefficient (Wildman–Crippen LogP) is 1.30. The number of urea groups is 1. The average Bonchev–Trinajstić information content (AvgIpc) is 2.82. The van der Waals surface area contributed by atoms with Gasteiger partial charge in [0.25, 0.3) is 5.69 Å². The predicted molar refractivity (Wildman–Crippen MR) is 80.3 cm³/mol. The Kier molecular flexibility index (Phi) is 3.55. The van der Waals surface area contributed by atoms with Gasteiger partial charge in [0.15, 0.2) is 0 Å². The maximum atomic E-state index is 12.3. The smallest absolute Gasteiger partial charge is 0.529 e. The Morgan fingerprint density at radius 1 is 1.09 bits per heavy atom. The van der Waals surface area contributed by atoms with E-state index in [4.69, 9.17) is 0 Å². The number of non-ortho nitro benzene ring substituents is 1. The summed E-state index contributed by atoms with van der Waals surface area (Å²) >= 11 is 0. The third-order valence-corrected chi connectivity index (χ3v) is 3.16. The monoisotopic (exact) mass is 310 g/mol. The Hall–Kier alpha value is -3.55. The topological polar surface area (TPSA) is 102 Å². The molecule has 2 aromatic carbocycles. The zero-order chi connectivity index (χ0) is 16.4. The highest BCUT2D eigenvalue weighted by Crippen LogP contribution is 2.18. The van der Waals surface area contributed by atoms with Gasteiger partial charge in [-0.1, -0.05) is 22.9 Å². The van der Waals surface area contributed by atoms with E-state index in [1.165, 1.54) is 30.5 Å². The number of nitro benzene ring substituents is 1. The van der Waals surface area contributed by atoms with E-state index in [0.29, 0.717) is 11.3 Å². The lowest BCUT2D eigenvalue weighted by molar-refractivity contribution is -0.422. The molecular weight excluding hydrogens is 300 g/mol. The van der Waals surface area contributed by atoms with E-state index in [-0.39, 0.29) is 5.69 Å². The summed E-state index contributed by atoms with van der Waals surface area (Å²) in [6.45, 7) is 0. The summed E-state index contributed by atoms with van der Waals surface area (Å²) in [5.74, 6) is 0. The third kappa shape index (κ3) is 2.77. The Morgan fingerprint density at radius 2 is 1.74 bits per heavy atom. The highest BCUT2D eigenvalue weighted by Gasteiger charge is 2.36. The normalized spacial score (nSPS) is 15.8. The molecule has 23 heavy (non-hydrogen) atoms. The quantitative estimate of drug-likeness (QED) is 0.484. The van der Waals surface area contributed by atoms with E-state index in [1.54, 1.807) is 30.3 Å². The standard InChI is InChI=1S/C15H10N4O4/c20-14-16-17(10-11-6-8-13(9-7-11)19(22)23)15(21)18(14)12-4-2-1-3-5-12/h1-10H/b17-10-. The third-order valence-electron chi connectivity index (χ3n) is 3.16. The first-order valence-corrected chi connectivity index (χ1v) is 6.59. The summed E-state index contributed by atoms with van der Waals surface area (Å²) in [6.07, 6.45) is 1.34. The molecule has 8 heteroatoms. The van der Waals surface area contributed by atoms with Crippen molar-refractivity contribution < 1.29 is 19.5 Å². The minimum absolute atomic E-state index is 0.0613. The molecule has 0 bridgehead atoms. The van der Waals surface area contributed by atoms with Crippen molar-refractivity contribution in [2.45, 2.75) is 0 Å². The van der Waals surface area contributed by atoms with Crippen molar-refractivity contribution in [3.63, 3.8) is 0 Å². The molecule has 1 heterocycles. The van der Waals surface area contributed by atoms with Crippen LogP contribution in [0.3, 0.4) is 0 Å². The SMILES string of the molecule is O=C1N(c2ccccc2)C([O-])=N/[N+]1=C\c1ccc([N+](=O)[O-])cc1. The Morgan fingerprint density at radius 3 is 2.35 bits per heavy atom. The van der Waals surface area contributed by atoms with Gasteiger partial charge in [-0.25, -0.2) is 0 Å². The van der Waals surface area contributed by atoms with Gasteiger partial charge in [-0.3, -0.25) is 10.1 Å². The minimum atomic E-state index is -0.695. The molecular formula is C15H10N4O4. The van der Waals surface area contributed by atoms with Gasteiger partial charge in [0, 0.05) is 17.7 Å². The second-order valence-electron chi connectivity index (χ2n) is 4.66. The van der Waals surface area contributed by atoms with Crippen molar-refractivity contribution in [3.05, 3.63) is 70.3 Å². The van der Waals surface area contributed by atoms with Crippen LogP contribution in [0.15, 0.2) is 59.7 Å². The first-order valence-electron chi connectivity index (χ1n) is 6.59. The lowest BCUT2D eigenvalue weighted by Crippen LogP contribution is -2.40. The van der Waals surface area contributed by atoms with E-state index >= 15 is 0 Å². The molecule has 0 fully saturated rings. The molecule has 0 aliphatic carbocycles. The number of amidine groups is 1. The first kappa shape index (κ1) is 14.4. The van der Waals surface area contributed by atoms with Crippen LogP contribution < -0.4 is 10.0 Å². The van der Waals surface area contributed by atoms with Crippen LogP contribution >= 0.6 is 0 Å². The van der Waals surface area contributed by atoms with Crippen LogP contribution in [0.1, 0.15) is 5.56 Å². The molecule has 0 aromatic heterocycles. The van der Waals surface area contributed by atoms with Crippen LogP contribution in [-0.4, -0.2) is 27.9 Å². The highest BCUT2D eigenvalue weighted by molar-refractivity contribution is 6.12. The Balaban J connectivity index is 1.90. The fraction of sp³-hybridized carbons (Fsp3) is 0. The molecule has 0 radical (unpaired) electrons. The van der Waals surface area contributed by atoms with E-state index in [1.807, 2.05) is 0 Å². The Bertz CT molecular complexity index is 828. The highest BCUT2D eigenvalue weighted by atomic mass is 16.6. The number of nitrogens with zero attached hydrogens (tertiary/aromatic N) is 4. The molecule has 8 nitrogen and oxygen atoms in total. The largest absolute Gasteiger partial charge is 0.824 e. The van der Waals surface area contributed by atoms with E-state index < -0.39 is 17.0 Å². The van der Waals surface area contributed by atoms with Crippen LogP contribution in [0, 0.1) is 10.1 Å². The van der Waals surface area contributed by atoms with E-state index in [0.717, 1.165) is 9.58 Å².